The van der Waals surface area contributed by atoms with Gasteiger partial charge in [0.2, 0.25) is 0 Å². The Morgan fingerprint density at radius 3 is 2.25 bits per heavy atom. The molecule has 1 aliphatic rings. The number of benzene rings is 2. The smallest absolute Gasteiger partial charge is 0.407 e. The number of aliphatic hydroxyl groups excluding tert-OH is 1. The van der Waals surface area contributed by atoms with E-state index in [1.54, 1.807) is 0 Å². The number of nitrogens with one attached hydrogen (secondary N) is 1. The summed E-state index contributed by atoms with van der Waals surface area (Å²) >= 11 is 0. The quantitative estimate of drug-likeness (QED) is 0.851. The van der Waals surface area contributed by atoms with Crippen molar-refractivity contribution in [1.29, 1.82) is 0 Å². The normalized spacial score (nSPS) is 13.9. The van der Waals surface area contributed by atoms with E-state index >= 15 is 0 Å². The minimum absolute atomic E-state index is 0.0573. The van der Waals surface area contributed by atoms with E-state index in [2.05, 4.69) is 29.6 Å². The van der Waals surface area contributed by atoms with E-state index in [1.807, 2.05) is 31.2 Å². The van der Waals surface area contributed by atoms with Crippen LogP contribution in [0.2, 0.25) is 0 Å². The van der Waals surface area contributed by atoms with Crippen LogP contribution < -0.4 is 5.32 Å². The largest absolute Gasteiger partial charge is 0.449 e. The Kier molecular flexibility index (Phi) is 5.16. The number of hydrogen-bond donors (Lipinski definition) is 2. The third-order valence-corrected chi connectivity index (χ3v) is 4.52. The number of hydrogen-bond acceptors (Lipinski definition) is 3. The first-order valence-electron chi connectivity index (χ1n) is 8.47. The summed E-state index contributed by atoms with van der Waals surface area (Å²) in [6.45, 7) is 2.24. The molecule has 0 bridgehead atoms. The molecule has 1 amide bonds. The Morgan fingerprint density at radius 1 is 1.12 bits per heavy atom. The van der Waals surface area contributed by atoms with Gasteiger partial charge < -0.3 is 15.2 Å². The van der Waals surface area contributed by atoms with Crippen molar-refractivity contribution in [3.63, 3.8) is 0 Å². The van der Waals surface area contributed by atoms with Crippen molar-refractivity contribution in [2.75, 3.05) is 13.2 Å². The Hall–Kier alpha value is -2.33. The molecule has 2 aromatic carbocycles. The van der Waals surface area contributed by atoms with Gasteiger partial charge in [0.15, 0.2) is 0 Å². The van der Waals surface area contributed by atoms with Gasteiger partial charge in [-0.1, -0.05) is 61.9 Å². The molecule has 24 heavy (non-hydrogen) atoms. The van der Waals surface area contributed by atoms with Crippen molar-refractivity contribution in [2.24, 2.45) is 0 Å². The van der Waals surface area contributed by atoms with Crippen LogP contribution in [0.4, 0.5) is 4.79 Å². The zero-order valence-electron chi connectivity index (χ0n) is 13.9. The van der Waals surface area contributed by atoms with Gasteiger partial charge >= 0.3 is 6.09 Å². The van der Waals surface area contributed by atoms with Crippen LogP contribution in [0.25, 0.3) is 11.1 Å². The fourth-order valence-corrected chi connectivity index (χ4v) is 3.36. The minimum Gasteiger partial charge on any atom is -0.449 e. The maximum absolute atomic E-state index is 12.0. The first kappa shape index (κ1) is 16.5. The zero-order chi connectivity index (χ0) is 16.9. The molecule has 0 fully saturated rings. The average Bonchev–Trinajstić information content (AvgIpc) is 2.93. The molecule has 1 atom stereocenters. The number of aliphatic hydroxyl groups is 1. The summed E-state index contributed by atoms with van der Waals surface area (Å²) in [5, 5.41) is 12.0. The molecule has 3 rings (SSSR count). The van der Waals surface area contributed by atoms with E-state index in [0.717, 1.165) is 12.8 Å². The molecule has 0 saturated heterocycles. The maximum Gasteiger partial charge on any atom is 0.407 e. The monoisotopic (exact) mass is 325 g/mol. The molecule has 0 heterocycles. The Labute approximate surface area is 142 Å². The number of carbonyl (C=O) groups is 1. The highest BCUT2D eigenvalue weighted by Crippen LogP contribution is 2.44. The van der Waals surface area contributed by atoms with Crippen LogP contribution in [-0.4, -0.2) is 30.5 Å². The van der Waals surface area contributed by atoms with Gasteiger partial charge in [-0.25, -0.2) is 4.79 Å². The zero-order valence-corrected chi connectivity index (χ0v) is 13.9. The van der Waals surface area contributed by atoms with E-state index in [1.165, 1.54) is 22.3 Å². The van der Waals surface area contributed by atoms with E-state index in [-0.39, 0.29) is 18.6 Å². The molecule has 2 N–H and O–H groups in total. The molecule has 2 aromatic rings. The van der Waals surface area contributed by atoms with Gasteiger partial charge in [0.05, 0.1) is 12.6 Å². The van der Waals surface area contributed by atoms with E-state index in [0.29, 0.717) is 6.61 Å². The fourth-order valence-electron chi connectivity index (χ4n) is 3.36. The van der Waals surface area contributed by atoms with E-state index in [9.17, 15) is 9.90 Å². The molecule has 1 aliphatic carbocycles. The molecular formula is C20H23NO3. The summed E-state index contributed by atoms with van der Waals surface area (Å²) in [5.74, 6) is 0.0573. The van der Waals surface area contributed by atoms with E-state index in [4.69, 9.17) is 4.74 Å². The number of alkyl carbamates (subject to hydrolysis) is 1. The number of fused-ring (bicyclic) bond motifs is 3. The topological polar surface area (TPSA) is 58.6 Å². The van der Waals surface area contributed by atoms with Crippen molar-refractivity contribution in [3.8, 4) is 11.1 Å². The molecule has 0 aromatic heterocycles. The Morgan fingerprint density at radius 2 is 1.71 bits per heavy atom. The summed E-state index contributed by atoms with van der Waals surface area (Å²) in [6, 6.07) is 16.2. The molecule has 0 radical (unpaired) electrons. The molecule has 0 aliphatic heterocycles. The molecule has 0 saturated carbocycles. The molecule has 1 unspecified atom stereocenters. The van der Waals surface area contributed by atoms with Gasteiger partial charge in [-0.3, -0.25) is 0 Å². The fraction of sp³-hybridized carbons (Fsp3) is 0.350. The lowest BCUT2D eigenvalue weighted by atomic mass is 9.98. The van der Waals surface area contributed by atoms with Gasteiger partial charge in [0.1, 0.15) is 6.61 Å². The highest BCUT2D eigenvalue weighted by molar-refractivity contribution is 5.79. The van der Waals surface area contributed by atoms with Gasteiger partial charge in [-0.2, -0.15) is 0 Å². The molecule has 4 nitrogen and oxygen atoms in total. The third kappa shape index (κ3) is 3.29. The highest BCUT2D eigenvalue weighted by atomic mass is 16.5. The van der Waals surface area contributed by atoms with Crippen LogP contribution in [0, 0.1) is 0 Å². The number of ether oxygens (including phenoxy) is 1. The van der Waals surface area contributed by atoms with Crippen molar-refractivity contribution in [1.82, 2.24) is 5.32 Å². The summed E-state index contributed by atoms with van der Waals surface area (Å²) < 4.78 is 5.46. The average molecular weight is 325 g/mol. The predicted octanol–water partition coefficient (Wildman–Crippen LogP) is 3.69. The van der Waals surface area contributed by atoms with E-state index < -0.39 is 6.09 Å². The van der Waals surface area contributed by atoms with Crippen LogP contribution in [0.15, 0.2) is 48.5 Å². The van der Waals surface area contributed by atoms with Gasteiger partial charge in [0.25, 0.3) is 0 Å². The molecule has 4 heteroatoms. The predicted molar refractivity (Wildman–Crippen MR) is 94.0 cm³/mol. The second kappa shape index (κ2) is 7.49. The summed E-state index contributed by atoms with van der Waals surface area (Å²) in [5.41, 5.74) is 4.81. The van der Waals surface area contributed by atoms with Gasteiger partial charge in [0, 0.05) is 5.92 Å². The summed E-state index contributed by atoms with van der Waals surface area (Å²) in [4.78, 5) is 12.0. The van der Waals surface area contributed by atoms with Crippen LogP contribution in [0.5, 0.6) is 0 Å². The standard InChI is InChI=1S/C20H23NO3/c1-2-7-14(12-22)21-20(23)24-13-19-17-10-5-3-8-15(17)16-9-4-6-11-18(16)19/h3-6,8-11,14,19,22H,2,7,12-13H2,1H3,(H,21,23). The lowest BCUT2D eigenvalue weighted by molar-refractivity contribution is 0.131. The Bertz CT molecular complexity index is 668. The van der Waals surface area contributed by atoms with Crippen LogP contribution in [-0.2, 0) is 4.74 Å². The van der Waals surface area contributed by atoms with Crippen LogP contribution in [0.3, 0.4) is 0 Å². The maximum atomic E-state index is 12.0. The second-order valence-corrected chi connectivity index (χ2v) is 6.14. The van der Waals surface area contributed by atoms with Gasteiger partial charge in [-0.15, -0.1) is 0 Å². The van der Waals surface area contributed by atoms with Crippen molar-refractivity contribution < 1.29 is 14.6 Å². The van der Waals surface area contributed by atoms with Crippen molar-refractivity contribution >= 4 is 6.09 Å². The first-order valence-corrected chi connectivity index (χ1v) is 8.47. The number of rotatable bonds is 6. The lowest BCUT2D eigenvalue weighted by Crippen LogP contribution is -2.38. The molecule has 126 valence electrons. The summed E-state index contributed by atoms with van der Waals surface area (Å²) in [7, 11) is 0. The number of amides is 1. The SMILES string of the molecule is CCCC(CO)NC(=O)OCC1c2ccccc2-c2ccccc21. The number of carbonyl (C=O) groups excluding carboxylic acids is 1. The Balaban J connectivity index is 1.70. The second-order valence-electron chi connectivity index (χ2n) is 6.14. The lowest BCUT2D eigenvalue weighted by Gasteiger charge is -2.18. The van der Waals surface area contributed by atoms with Crippen molar-refractivity contribution in [3.05, 3.63) is 59.7 Å². The van der Waals surface area contributed by atoms with Gasteiger partial charge in [-0.05, 0) is 28.7 Å². The van der Waals surface area contributed by atoms with Crippen molar-refractivity contribution in [2.45, 2.75) is 31.7 Å². The highest BCUT2D eigenvalue weighted by Gasteiger charge is 2.29. The molecule has 0 spiro atoms. The molecular weight excluding hydrogens is 302 g/mol. The summed E-state index contributed by atoms with van der Waals surface area (Å²) in [6.07, 6.45) is 1.17. The first-order chi connectivity index (χ1) is 11.7. The third-order valence-electron chi connectivity index (χ3n) is 4.52. The minimum atomic E-state index is -0.468. The van der Waals surface area contributed by atoms with Crippen LogP contribution >= 0.6 is 0 Å². The van der Waals surface area contributed by atoms with Crippen LogP contribution in [0.1, 0.15) is 36.8 Å².